The molecule has 2 aliphatic heterocycles. The van der Waals surface area contributed by atoms with Crippen LogP contribution in [0.5, 0.6) is 0 Å². The van der Waals surface area contributed by atoms with Crippen LogP contribution in [-0.4, -0.2) is 80.7 Å². The van der Waals surface area contributed by atoms with Crippen molar-refractivity contribution in [3.05, 3.63) is 42.5 Å². The van der Waals surface area contributed by atoms with E-state index in [0.717, 1.165) is 25.2 Å². The molecule has 3 aromatic rings. The second-order valence-corrected chi connectivity index (χ2v) is 12.2. The molecule has 2 amide bonds. The number of primary amides is 1. The number of carbonyl (C=O) groups excluding carboxylic acids is 1. The number of nitrogen functional groups attached to an aromatic ring is 1. The van der Waals surface area contributed by atoms with Crippen molar-refractivity contribution in [3.63, 3.8) is 0 Å². The van der Waals surface area contributed by atoms with Gasteiger partial charge in [0.2, 0.25) is 0 Å². The number of nitrogens with zero attached hydrogens (tertiary/aromatic N) is 6. The lowest BCUT2D eigenvalue weighted by molar-refractivity contribution is -0.197. The highest BCUT2D eigenvalue weighted by Crippen LogP contribution is 2.44. The van der Waals surface area contributed by atoms with E-state index >= 15 is 0 Å². The van der Waals surface area contributed by atoms with Gasteiger partial charge in [0, 0.05) is 18.8 Å². The zero-order chi connectivity index (χ0) is 29.5. The smallest absolute Gasteiger partial charge is 0.319 e. The Balaban J connectivity index is 1.26. The molecule has 0 aliphatic carbocycles. The molecule has 12 heteroatoms. The second kappa shape index (κ2) is 11.2. The van der Waals surface area contributed by atoms with Crippen molar-refractivity contribution >= 4 is 28.7 Å². The van der Waals surface area contributed by atoms with Crippen molar-refractivity contribution in [2.24, 2.45) is 5.73 Å². The Bertz CT molecular complexity index is 1370. The van der Waals surface area contributed by atoms with Crippen LogP contribution in [0.4, 0.5) is 16.3 Å². The zero-order valence-corrected chi connectivity index (χ0v) is 24.8. The van der Waals surface area contributed by atoms with Gasteiger partial charge in [0.05, 0.1) is 6.33 Å². The number of urea groups is 1. The van der Waals surface area contributed by atoms with Crippen molar-refractivity contribution in [1.29, 1.82) is 0 Å². The fraction of sp³-hybridized carbons (Fsp3) is 0.586. The average molecular weight is 567 g/mol. The lowest BCUT2D eigenvalue weighted by Crippen LogP contribution is -2.42. The molecule has 5 rings (SSSR count). The van der Waals surface area contributed by atoms with Crippen LogP contribution >= 0.6 is 0 Å². The number of likely N-dealkylation sites (N-methyl/N-ethyl adjacent to an activating group) is 1. The fourth-order valence-electron chi connectivity index (χ4n) is 5.68. The Morgan fingerprint density at radius 1 is 1.07 bits per heavy atom. The number of fused-ring (bicyclic) bond motifs is 2. The molecular formula is C29H42N8O4. The van der Waals surface area contributed by atoms with E-state index < -0.39 is 18.0 Å². The summed E-state index contributed by atoms with van der Waals surface area (Å²) in [5.74, 6) is -0.433. The van der Waals surface area contributed by atoms with E-state index in [2.05, 4.69) is 59.7 Å². The first kappa shape index (κ1) is 29.2. The number of benzene rings is 1. The van der Waals surface area contributed by atoms with Crippen LogP contribution in [0.3, 0.4) is 0 Å². The maximum atomic E-state index is 12.3. The molecule has 0 radical (unpaired) electrons. The first-order chi connectivity index (χ1) is 19.4. The van der Waals surface area contributed by atoms with E-state index in [-0.39, 0.29) is 23.7 Å². The van der Waals surface area contributed by atoms with Crippen molar-refractivity contribution in [3.8, 4) is 0 Å². The number of hydrogen-bond acceptors (Lipinski definition) is 9. The summed E-state index contributed by atoms with van der Waals surface area (Å²) in [7, 11) is 0. The highest BCUT2D eigenvalue weighted by Gasteiger charge is 2.56. The summed E-state index contributed by atoms with van der Waals surface area (Å²) in [4.78, 5) is 29.1. The van der Waals surface area contributed by atoms with Gasteiger partial charge in [0.25, 0.3) is 0 Å². The first-order valence-electron chi connectivity index (χ1n) is 14.2. The molecule has 4 atom stereocenters. The maximum Gasteiger partial charge on any atom is 0.319 e. The van der Waals surface area contributed by atoms with Crippen LogP contribution in [0, 0.1) is 0 Å². The van der Waals surface area contributed by atoms with Gasteiger partial charge in [-0.05, 0) is 56.5 Å². The Morgan fingerprint density at radius 3 is 2.44 bits per heavy atom. The summed E-state index contributed by atoms with van der Waals surface area (Å²) < 4.78 is 21.0. The van der Waals surface area contributed by atoms with Gasteiger partial charge in [-0.1, -0.05) is 39.8 Å². The van der Waals surface area contributed by atoms with Crippen molar-refractivity contribution in [2.75, 3.05) is 36.8 Å². The van der Waals surface area contributed by atoms with Crippen LogP contribution in [0.1, 0.15) is 59.8 Å². The van der Waals surface area contributed by atoms with Crippen LogP contribution in [0.2, 0.25) is 0 Å². The third-order valence-corrected chi connectivity index (χ3v) is 7.84. The van der Waals surface area contributed by atoms with Gasteiger partial charge in [0.15, 0.2) is 23.5 Å². The summed E-state index contributed by atoms with van der Waals surface area (Å²) in [6.45, 7) is 15.1. The van der Waals surface area contributed by atoms with E-state index in [1.807, 2.05) is 30.5 Å². The van der Waals surface area contributed by atoms with Crippen LogP contribution in [0.15, 0.2) is 36.9 Å². The molecule has 2 aromatic heterocycles. The maximum absolute atomic E-state index is 12.3. The van der Waals surface area contributed by atoms with E-state index in [9.17, 15) is 4.79 Å². The molecule has 0 unspecified atom stereocenters. The lowest BCUT2D eigenvalue weighted by atomic mass is 9.87. The Hall–Kier alpha value is -3.32. The number of aromatic nitrogens is 4. The third-order valence-electron chi connectivity index (χ3n) is 7.84. The predicted octanol–water partition coefficient (Wildman–Crippen LogP) is 3.42. The molecule has 2 aliphatic rings. The number of hydrogen-bond donors (Lipinski definition) is 2. The van der Waals surface area contributed by atoms with Crippen molar-refractivity contribution in [2.45, 2.75) is 83.7 Å². The Kier molecular flexibility index (Phi) is 7.94. The van der Waals surface area contributed by atoms with Crippen molar-refractivity contribution in [1.82, 2.24) is 24.4 Å². The molecule has 2 saturated heterocycles. The second-order valence-electron chi connectivity index (χ2n) is 12.2. The number of amides is 2. The van der Waals surface area contributed by atoms with Gasteiger partial charge < -0.3 is 30.6 Å². The molecule has 4 heterocycles. The molecule has 12 nitrogen and oxygen atoms in total. The Labute approximate surface area is 241 Å². The summed E-state index contributed by atoms with van der Waals surface area (Å²) >= 11 is 0. The summed E-state index contributed by atoms with van der Waals surface area (Å²) in [6.07, 6.45) is 2.48. The molecule has 0 spiro atoms. The molecule has 0 saturated carbocycles. The molecule has 4 N–H and O–H groups in total. The summed E-state index contributed by atoms with van der Waals surface area (Å²) in [5.41, 5.74) is 14.9. The highest BCUT2D eigenvalue weighted by molar-refractivity contribution is 5.90. The predicted molar refractivity (Wildman–Crippen MR) is 156 cm³/mol. The molecule has 41 heavy (non-hydrogen) atoms. The molecular weight excluding hydrogens is 524 g/mol. The number of nitrogens with two attached hydrogens (primary N) is 2. The quantitative estimate of drug-likeness (QED) is 0.398. The van der Waals surface area contributed by atoms with Gasteiger partial charge in [-0.3, -0.25) is 9.47 Å². The standard InChI is InChI=1S/C29H42N8O4/c1-7-35(13-8-14-36(27(31)38)19-11-9-18(10-12-19)28(2,3)4)15-20-22-23(41-29(5,6)40-22)26(39-20)37-17-34-21-24(30)32-16-33-25(21)37/h9-12,16-17,20,22-23,26H,7-8,13-15H2,1-6H3,(H2,31,38)(H2,30,32,33)/t20-,22-,23-,26-/m1/s1. The topological polar surface area (TPSA) is 147 Å². The van der Waals surface area contributed by atoms with Crippen molar-refractivity contribution < 1.29 is 19.0 Å². The SMILES string of the molecule is CCN(CCCN(C(N)=O)c1ccc(C(C)(C)C)cc1)C[C@H]1O[C@@H](n2cnc3c(N)ncnc32)[C@@H]2OC(C)(C)O[C@@H]21. The molecule has 0 bridgehead atoms. The number of imidazole rings is 1. The minimum absolute atomic E-state index is 0.0351. The van der Waals surface area contributed by atoms with E-state index in [1.54, 1.807) is 11.2 Å². The van der Waals surface area contributed by atoms with Gasteiger partial charge in [-0.15, -0.1) is 0 Å². The minimum Gasteiger partial charge on any atom is -0.382 e. The van der Waals surface area contributed by atoms with Crippen LogP contribution < -0.4 is 16.4 Å². The van der Waals surface area contributed by atoms with Gasteiger partial charge in [0.1, 0.15) is 30.2 Å². The minimum atomic E-state index is -0.748. The molecule has 222 valence electrons. The van der Waals surface area contributed by atoms with Gasteiger partial charge in [-0.25, -0.2) is 19.7 Å². The molecule has 1 aromatic carbocycles. The van der Waals surface area contributed by atoms with E-state index in [1.165, 1.54) is 11.9 Å². The molecule has 2 fully saturated rings. The first-order valence-corrected chi connectivity index (χ1v) is 14.2. The zero-order valence-electron chi connectivity index (χ0n) is 24.8. The number of carbonyl (C=O) groups is 1. The number of anilines is 2. The monoisotopic (exact) mass is 566 g/mol. The fourth-order valence-corrected chi connectivity index (χ4v) is 5.68. The van der Waals surface area contributed by atoms with E-state index in [0.29, 0.717) is 30.1 Å². The van der Waals surface area contributed by atoms with Crippen LogP contribution in [-0.2, 0) is 19.6 Å². The normalized spacial score (nSPS) is 23.8. The van der Waals surface area contributed by atoms with Gasteiger partial charge in [-0.2, -0.15) is 0 Å². The van der Waals surface area contributed by atoms with Gasteiger partial charge >= 0.3 is 6.03 Å². The Morgan fingerprint density at radius 2 is 1.78 bits per heavy atom. The summed E-state index contributed by atoms with van der Waals surface area (Å²) in [5, 5.41) is 0. The average Bonchev–Trinajstić information content (AvgIpc) is 3.57. The van der Waals surface area contributed by atoms with E-state index in [4.69, 9.17) is 25.7 Å². The largest absolute Gasteiger partial charge is 0.382 e. The van der Waals surface area contributed by atoms with Crippen LogP contribution in [0.25, 0.3) is 11.2 Å². The third kappa shape index (κ3) is 6.01. The number of ether oxygens (including phenoxy) is 3. The lowest BCUT2D eigenvalue weighted by Gasteiger charge is -2.29. The highest BCUT2D eigenvalue weighted by atomic mass is 16.8. The number of rotatable bonds is 9. The summed E-state index contributed by atoms with van der Waals surface area (Å²) in [6, 6.07) is 7.59.